The molecular weight excluding hydrogens is 312 g/mol. The predicted molar refractivity (Wildman–Crippen MR) is 96.6 cm³/mol. The van der Waals surface area contributed by atoms with Gasteiger partial charge in [0.2, 0.25) is 5.88 Å². The standard InChI is InChI=1S/C21H24N2O2/c1-25-20-10-7-16(13-22-20)21(24)17-11-18-8-9-19(12-17)23(18)14-15-5-3-2-4-6-15/h2-7,10,13,17-19H,8-9,11-12,14H2,1H3. The molecule has 3 heterocycles. The molecule has 4 rings (SSSR count). The van der Waals surface area contributed by atoms with E-state index in [1.54, 1.807) is 19.4 Å². The fraction of sp³-hybridized carbons (Fsp3) is 0.429. The minimum Gasteiger partial charge on any atom is -0.481 e. The highest BCUT2D eigenvalue weighted by Gasteiger charge is 2.42. The van der Waals surface area contributed by atoms with Gasteiger partial charge in [-0.2, -0.15) is 0 Å². The number of piperidine rings is 1. The summed E-state index contributed by atoms with van der Waals surface area (Å²) < 4.78 is 5.08. The van der Waals surface area contributed by atoms with Crippen LogP contribution in [0.4, 0.5) is 0 Å². The summed E-state index contributed by atoms with van der Waals surface area (Å²) in [6, 6.07) is 15.3. The van der Waals surface area contributed by atoms with Crippen molar-refractivity contribution in [2.75, 3.05) is 7.11 Å². The Balaban J connectivity index is 1.44. The summed E-state index contributed by atoms with van der Waals surface area (Å²) in [5.41, 5.74) is 2.07. The van der Waals surface area contributed by atoms with Gasteiger partial charge in [-0.05, 0) is 37.3 Å². The number of Topliss-reactive ketones (excluding diaryl/α,β-unsaturated/α-hetero) is 1. The third-order valence-corrected chi connectivity index (χ3v) is 5.69. The van der Waals surface area contributed by atoms with Gasteiger partial charge in [0.15, 0.2) is 5.78 Å². The van der Waals surface area contributed by atoms with E-state index in [-0.39, 0.29) is 11.7 Å². The van der Waals surface area contributed by atoms with Crippen molar-refractivity contribution in [1.82, 2.24) is 9.88 Å². The van der Waals surface area contributed by atoms with E-state index in [0.29, 0.717) is 23.5 Å². The first kappa shape index (κ1) is 16.3. The van der Waals surface area contributed by atoms with E-state index in [0.717, 1.165) is 19.4 Å². The summed E-state index contributed by atoms with van der Waals surface area (Å²) >= 11 is 0. The quantitative estimate of drug-likeness (QED) is 0.781. The molecule has 0 radical (unpaired) electrons. The maximum atomic E-state index is 12.9. The van der Waals surface area contributed by atoms with E-state index in [1.165, 1.54) is 18.4 Å². The Morgan fingerprint density at radius 2 is 1.84 bits per heavy atom. The number of carbonyl (C=O) groups excluding carboxylic acids is 1. The van der Waals surface area contributed by atoms with Crippen LogP contribution >= 0.6 is 0 Å². The normalized spacial score (nSPS) is 25.7. The molecule has 2 aliphatic heterocycles. The van der Waals surface area contributed by atoms with Gasteiger partial charge in [0.25, 0.3) is 0 Å². The Bertz CT molecular complexity index is 715. The van der Waals surface area contributed by atoms with Gasteiger partial charge in [0, 0.05) is 42.4 Å². The van der Waals surface area contributed by atoms with Crippen LogP contribution in [-0.2, 0) is 6.54 Å². The van der Waals surface area contributed by atoms with Crippen molar-refractivity contribution in [2.45, 2.75) is 44.3 Å². The van der Waals surface area contributed by atoms with Crippen molar-refractivity contribution >= 4 is 5.78 Å². The van der Waals surface area contributed by atoms with Crippen LogP contribution in [0.5, 0.6) is 5.88 Å². The lowest BCUT2D eigenvalue weighted by molar-refractivity contribution is 0.0678. The summed E-state index contributed by atoms with van der Waals surface area (Å²) in [6.07, 6.45) is 6.01. The maximum absolute atomic E-state index is 12.9. The lowest BCUT2D eigenvalue weighted by atomic mass is 9.85. The number of hydrogen-bond donors (Lipinski definition) is 0. The molecule has 2 aromatic rings. The zero-order valence-electron chi connectivity index (χ0n) is 14.6. The number of pyridine rings is 1. The molecule has 2 bridgehead atoms. The van der Waals surface area contributed by atoms with Crippen molar-refractivity contribution in [3.8, 4) is 5.88 Å². The van der Waals surface area contributed by atoms with Crippen LogP contribution in [0.1, 0.15) is 41.6 Å². The van der Waals surface area contributed by atoms with Crippen LogP contribution in [0.3, 0.4) is 0 Å². The lowest BCUT2D eigenvalue weighted by Gasteiger charge is -2.38. The Hall–Kier alpha value is -2.20. The van der Waals surface area contributed by atoms with Crippen LogP contribution < -0.4 is 4.74 Å². The maximum Gasteiger partial charge on any atom is 0.212 e. The summed E-state index contributed by atoms with van der Waals surface area (Å²) in [6.45, 7) is 1.00. The first-order valence-electron chi connectivity index (χ1n) is 9.08. The molecular formula is C21H24N2O2. The lowest BCUT2D eigenvalue weighted by Crippen LogP contribution is -2.44. The van der Waals surface area contributed by atoms with Crippen LogP contribution in [0.25, 0.3) is 0 Å². The van der Waals surface area contributed by atoms with Crippen LogP contribution in [0.15, 0.2) is 48.7 Å². The molecule has 2 aliphatic rings. The van der Waals surface area contributed by atoms with Crippen LogP contribution in [0, 0.1) is 5.92 Å². The molecule has 2 atom stereocenters. The molecule has 2 fully saturated rings. The van der Waals surface area contributed by atoms with Crippen molar-refractivity contribution < 1.29 is 9.53 Å². The summed E-state index contributed by atoms with van der Waals surface area (Å²) in [4.78, 5) is 19.7. The summed E-state index contributed by atoms with van der Waals surface area (Å²) in [5, 5.41) is 0. The largest absolute Gasteiger partial charge is 0.481 e. The predicted octanol–water partition coefficient (Wildman–Crippen LogP) is 3.72. The van der Waals surface area contributed by atoms with Gasteiger partial charge in [-0.15, -0.1) is 0 Å². The van der Waals surface area contributed by atoms with E-state index in [4.69, 9.17) is 4.74 Å². The number of benzene rings is 1. The second-order valence-electron chi connectivity index (χ2n) is 7.16. The van der Waals surface area contributed by atoms with E-state index < -0.39 is 0 Å². The van der Waals surface area contributed by atoms with E-state index >= 15 is 0 Å². The SMILES string of the molecule is COc1ccc(C(=O)C2CC3CCC(C2)N3Cc2ccccc2)cn1. The highest BCUT2D eigenvalue weighted by Crippen LogP contribution is 2.40. The van der Waals surface area contributed by atoms with Crippen LogP contribution in [0.2, 0.25) is 0 Å². The molecule has 130 valence electrons. The number of fused-ring (bicyclic) bond motifs is 2. The smallest absolute Gasteiger partial charge is 0.212 e. The Morgan fingerprint density at radius 3 is 2.44 bits per heavy atom. The number of nitrogens with zero attached hydrogens (tertiary/aromatic N) is 2. The second-order valence-corrected chi connectivity index (χ2v) is 7.16. The fourth-order valence-corrected chi connectivity index (χ4v) is 4.42. The average molecular weight is 336 g/mol. The number of carbonyl (C=O) groups is 1. The first-order chi connectivity index (χ1) is 12.2. The van der Waals surface area contributed by atoms with Gasteiger partial charge in [0.1, 0.15) is 0 Å². The number of rotatable bonds is 5. The van der Waals surface area contributed by atoms with Gasteiger partial charge in [-0.1, -0.05) is 30.3 Å². The molecule has 0 spiro atoms. The topological polar surface area (TPSA) is 42.4 Å². The van der Waals surface area contributed by atoms with Gasteiger partial charge < -0.3 is 4.74 Å². The highest BCUT2D eigenvalue weighted by molar-refractivity contribution is 5.97. The van der Waals surface area contributed by atoms with E-state index in [9.17, 15) is 4.79 Å². The number of ether oxygens (including phenoxy) is 1. The van der Waals surface area contributed by atoms with E-state index in [2.05, 4.69) is 40.2 Å². The molecule has 4 nitrogen and oxygen atoms in total. The third-order valence-electron chi connectivity index (χ3n) is 5.69. The molecule has 4 heteroatoms. The number of methoxy groups -OCH3 is 1. The Kier molecular flexibility index (Phi) is 4.53. The zero-order chi connectivity index (χ0) is 17.2. The number of ketones is 1. The molecule has 0 amide bonds. The Labute approximate surface area is 148 Å². The summed E-state index contributed by atoms with van der Waals surface area (Å²) in [7, 11) is 1.59. The van der Waals surface area contributed by atoms with Crippen molar-refractivity contribution in [1.29, 1.82) is 0 Å². The number of hydrogen-bond acceptors (Lipinski definition) is 4. The summed E-state index contributed by atoms with van der Waals surface area (Å²) in [5.74, 6) is 0.917. The Morgan fingerprint density at radius 1 is 1.12 bits per heavy atom. The van der Waals surface area contributed by atoms with Gasteiger partial charge >= 0.3 is 0 Å². The molecule has 0 saturated carbocycles. The van der Waals surface area contributed by atoms with Gasteiger partial charge in [-0.3, -0.25) is 9.69 Å². The third kappa shape index (κ3) is 3.31. The van der Waals surface area contributed by atoms with Crippen LogP contribution in [-0.4, -0.2) is 34.9 Å². The van der Waals surface area contributed by atoms with Crippen molar-refractivity contribution in [2.24, 2.45) is 5.92 Å². The molecule has 2 unspecified atom stereocenters. The minimum atomic E-state index is 0.125. The van der Waals surface area contributed by atoms with Crippen molar-refractivity contribution in [3.05, 3.63) is 59.8 Å². The molecule has 0 N–H and O–H groups in total. The molecule has 2 saturated heterocycles. The fourth-order valence-electron chi connectivity index (χ4n) is 4.42. The zero-order valence-corrected chi connectivity index (χ0v) is 14.6. The van der Waals surface area contributed by atoms with Crippen molar-refractivity contribution in [3.63, 3.8) is 0 Å². The first-order valence-corrected chi connectivity index (χ1v) is 9.08. The second kappa shape index (κ2) is 6.96. The van der Waals surface area contributed by atoms with Gasteiger partial charge in [0.05, 0.1) is 7.11 Å². The minimum absolute atomic E-state index is 0.125. The monoisotopic (exact) mass is 336 g/mol. The molecule has 1 aromatic carbocycles. The van der Waals surface area contributed by atoms with E-state index in [1.807, 2.05) is 6.07 Å². The number of aromatic nitrogens is 1. The van der Waals surface area contributed by atoms with Gasteiger partial charge in [-0.25, -0.2) is 4.98 Å². The molecule has 25 heavy (non-hydrogen) atoms. The average Bonchev–Trinajstić information content (AvgIpc) is 2.90. The molecule has 0 aliphatic carbocycles. The highest BCUT2D eigenvalue weighted by atomic mass is 16.5. The molecule has 1 aromatic heterocycles.